The maximum absolute atomic E-state index is 6.41. The van der Waals surface area contributed by atoms with Gasteiger partial charge in [0.15, 0.2) is 11.3 Å². The highest BCUT2D eigenvalue weighted by atomic mass is 32.2. The van der Waals surface area contributed by atoms with Crippen molar-refractivity contribution in [2.45, 2.75) is 10.1 Å². The second kappa shape index (κ2) is 12.7. The van der Waals surface area contributed by atoms with Gasteiger partial charge in [-0.25, -0.2) is 19.9 Å². The third kappa shape index (κ3) is 6.00. The smallest absolute Gasteiger partial charge is 0.160 e. The van der Waals surface area contributed by atoms with Crippen molar-refractivity contribution in [3.05, 3.63) is 158 Å². The summed E-state index contributed by atoms with van der Waals surface area (Å²) in [5.74, 6) is 2.95. The first kappa shape index (κ1) is 28.4. The van der Waals surface area contributed by atoms with Crippen LogP contribution in [0.4, 0.5) is 0 Å². The summed E-state index contributed by atoms with van der Waals surface area (Å²) in [5.41, 5.74) is 4.92. The molecular formula is C40H26N4O2S. The van der Waals surface area contributed by atoms with Crippen molar-refractivity contribution in [1.82, 2.24) is 19.9 Å². The number of aromatic nitrogens is 4. The van der Waals surface area contributed by atoms with Gasteiger partial charge in [-0.1, -0.05) is 72.8 Å². The molecule has 0 aliphatic heterocycles. The van der Waals surface area contributed by atoms with Crippen LogP contribution in [0.3, 0.4) is 0 Å². The molecule has 4 aromatic heterocycles. The molecule has 0 spiro atoms. The summed E-state index contributed by atoms with van der Waals surface area (Å²) in [7, 11) is 0. The van der Waals surface area contributed by atoms with Crippen LogP contribution in [0.1, 0.15) is 0 Å². The fourth-order valence-corrected chi connectivity index (χ4v) is 6.40. The van der Waals surface area contributed by atoms with E-state index in [-0.39, 0.29) is 0 Å². The van der Waals surface area contributed by atoms with Gasteiger partial charge in [0.25, 0.3) is 0 Å². The van der Waals surface area contributed by atoms with Crippen LogP contribution in [-0.4, -0.2) is 19.9 Å². The van der Waals surface area contributed by atoms with E-state index < -0.39 is 0 Å². The Kier molecular flexibility index (Phi) is 7.71. The lowest BCUT2D eigenvalue weighted by Crippen LogP contribution is -1.97. The number of ether oxygens (including phenoxy) is 2. The molecular weight excluding hydrogens is 601 g/mol. The van der Waals surface area contributed by atoms with Crippen LogP contribution in [0, 0.1) is 0 Å². The van der Waals surface area contributed by atoms with E-state index in [0.717, 1.165) is 66.1 Å². The molecule has 0 aliphatic rings. The van der Waals surface area contributed by atoms with Gasteiger partial charge in [-0.2, -0.15) is 0 Å². The van der Waals surface area contributed by atoms with Crippen LogP contribution in [0.2, 0.25) is 0 Å². The van der Waals surface area contributed by atoms with Crippen molar-refractivity contribution in [2.75, 3.05) is 0 Å². The highest BCUT2D eigenvalue weighted by molar-refractivity contribution is 7.99. The highest BCUT2D eigenvalue weighted by Crippen LogP contribution is 2.45. The fraction of sp³-hybridized carbons (Fsp3) is 0. The first-order chi connectivity index (χ1) is 23.3. The minimum atomic E-state index is 0.647. The van der Waals surface area contributed by atoms with Crippen molar-refractivity contribution >= 4 is 33.8 Å². The van der Waals surface area contributed by atoms with Crippen molar-refractivity contribution in [2.24, 2.45) is 0 Å². The summed E-state index contributed by atoms with van der Waals surface area (Å²) in [6.45, 7) is 0. The molecule has 0 bridgehead atoms. The van der Waals surface area contributed by atoms with E-state index in [9.17, 15) is 0 Å². The molecule has 0 saturated heterocycles. The SMILES string of the molecule is c1ccc(Oc2ccccc2-c2cc3cccnc3nc2Sc2nc3ncccc3cc2-c2ccccc2Oc2ccccc2)cc1. The standard InChI is InChI=1S/C40H26N4O2S/c1-3-15-29(16-4-1)45-35-21-9-7-19-31(35)33-25-27-13-11-23-41-37(27)43-39(33)47-40-34(26-28-14-12-24-42-38(28)44-40)32-20-8-10-22-36(32)46-30-17-5-2-6-18-30/h1-26H. The van der Waals surface area contributed by atoms with Gasteiger partial charge in [-0.05, 0) is 84.6 Å². The zero-order valence-corrected chi connectivity index (χ0v) is 25.8. The molecule has 4 heterocycles. The molecule has 224 valence electrons. The van der Waals surface area contributed by atoms with Gasteiger partial charge in [0.2, 0.25) is 0 Å². The maximum atomic E-state index is 6.41. The third-order valence-electron chi connectivity index (χ3n) is 7.60. The lowest BCUT2D eigenvalue weighted by molar-refractivity contribution is 0.484. The molecule has 4 aromatic carbocycles. The second-order valence-electron chi connectivity index (χ2n) is 10.7. The van der Waals surface area contributed by atoms with E-state index in [1.54, 1.807) is 12.4 Å². The molecule has 6 nitrogen and oxygen atoms in total. The molecule has 8 rings (SSSR count). The Labute approximate surface area is 275 Å². The Bertz CT molecular complexity index is 2180. The molecule has 0 amide bonds. The van der Waals surface area contributed by atoms with Crippen LogP contribution < -0.4 is 9.47 Å². The first-order valence-corrected chi connectivity index (χ1v) is 15.9. The molecule has 0 radical (unpaired) electrons. The Hall–Kier alpha value is -6.05. The number of hydrogen-bond acceptors (Lipinski definition) is 7. The van der Waals surface area contributed by atoms with E-state index in [0.29, 0.717) is 11.3 Å². The van der Waals surface area contributed by atoms with Crippen LogP contribution in [-0.2, 0) is 0 Å². The number of nitrogens with zero attached hydrogens (tertiary/aromatic N) is 4. The second-order valence-corrected chi connectivity index (χ2v) is 11.7. The molecule has 0 aliphatic carbocycles. The van der Waals surface area contributed by atoms with Gasteiger partial charge in [-0.15, -0.1) is 0 Å². The quantitative estimate of drug-likeness (QED) is 0.166. The average molecular weight is 627 g/mol. The van der Waals surface area contributed by atoms with Gasteiger partial charge >= 0.3 is 0 Å². The zero-order valence-electron chi connectivity index (χ0n) is 25.0. The van der Waals surface area contributed by atoms with Gasteiger partial charge in [0.05, 0.1) is 0 Å². The minimum Gasteiger partial charge on any atom is -0.457 e. The summed E-state index contributed by atoms with van der Waals surface area (Å²) < 4.78 is 12.8. The summed E-state index contributed by atoms with van der Waals surface area (Å²) in [4.78, 5) is 19.4. The molecule has 8 aromatic rings. The Morgan fingerprint density at radius 2 is 0.830 bits per heavy atom. The molecule has 0 atom stereocenters. The molecule has 47 heavy (non-hydrogen) atoms. The predicted octanol–water partition coefficient (Wildman–Crippen LogP) is 10.6. The maximum Gasteiger partial charge on any atom is 0.160 e. The number of hydrogen-bond donors (Lipinski definition) is 0. The van der Waals surface area contributed by atoms with E-state index in [1.807, 2.05) is 121 Å². The van der Waals surface area contributed by atoms with Crippen LogP contribution in [0.25, 0.3) is 44.3 Å². The van der Waals surface area contributed by atoms with Gasteiger partial charge in [0.1, 0.15) is 33.0 Å². The van der Waals surface area contributed by atoms with Crippen molar-refractivity contribution in [1.29, 1.82) is 0 Å². The Morgan fingerprint density at radius 1 is 0.404 bits per heavy atom. The van der Waals surface area contributed by atoms with E-state index in [1.165, 1.54) is 11.8 Å². The largest absolute Gasteiger partial charge is 0.457 e. The summed E-state index contributed by atoms with van der Waals surface area (Å²) in [6, 6.07) is 47.7. The molecule has 0 unspecified atom stereocenters. The topological polar surface area (TPSA) is 70.0 Å². The van der Waals surface area contributed by atoms with Crippen molar-refractivity contribution in [3.8, 4) is 45.3 Å². The summed E-state index contributed by atoms with van der Waals surface area (Å²) in [5, 5.41) is 3.34. The van der Waals surface area contributed by atoms with Crippen LogP contribution in [0.15, 0.2) is 168 Å². The Morgan fingerprint density at radius 3 is 1.30 bits per heavy atom. The normalized spacial score (nSPS) is 11.1. The summed E-state index contributed by atoms with van der Waals surface area (Å²) >= 11 is 1.48. The van der Waals surface area contributed by atoms with E-state index >= 15 is 0 Å². The van der Waals surface area contributed by atoms with Gasteiger partial charge < -0.3 is 9.47 Å². The van der Waals surface area contributed by atoms with E-state index in [2.05, 4.69) is 34.2 Å². The number of fused-ring (bicyclic) bond motifs is 2. The van der Waals surface area contributed by atoms with Crippen LogP contribution in [0.5, 0.6) is 23.0 Å². The van der Waals surface area contributed by atoms with E-state index in [4.69, 9.17) is 19.4 Å². The lowest BCUT2D eigenvalue weighted by Gasteiger charge is -2.17. The number of rotatable bonds is 8. The molecule has 0 N–H and O–H groups in total. The average Bonchev–Trinajstić information content (AvgIpc) is 3.12. The van der Waals surface area contributed by atoms with Crippen molar-refractivity contribution in [3.63, 3.8) is 0 Å². The predicted molar refractivity (Wildman–Crippen MR) is 187 cm³/mol. The summed E-state index contributed by atoms with van der Waals surface area (Å²) in [6.07, 6.45) is 3.52. The number of para-hydroxylation sites is 4. The minimum absolute atomic E-state index is 0.647. The fourth-order valence-electron chi connectivity index (χ4n) is 5.40. The highest BCUT2D eigenvalue weighted by Gasteiger charge is 2.21. The molecule has 0 saturated carbocycles. The van der Waals surface area contributed by atoms with Crippen molar-refractivity contribution < 1.29 is 9.47 Å². The monoisotopic (exact) mass is 626 g/mol. The third-order valence-corrected chi connectivity index (χ3v) is 8.61. The van der Waals surface area contributed by atoms with Crippen LogP contribution >= 0.6 is 11.8 Å². The first-order valence-electron chi connectivity index (χ1n) is 15.1. The Balaban J connectivity index is 1.30. The molecule has 0 fully saturated rings. The lowest BCUT2D eigenvalue weighted by atomic mass is 10.0. The van der Waals surface area contributed by atoms with Gasteiger partial charge in [-0.3, -0.25) is 0 Å². The number of benzene rings is 4. The van der Waals surface area contributed by atoms with Gasteiger partial charge in [0, 0.05) is 45.4 Å². The number of pyridine rings is 4. The zero-order chi connectivity index (χ0) is 31.4. The molecule has 7 heteroatoms.